The molecular weight excluding hydrogens is 362 g/mol. The van der Waals surface area contributed by atoms with Crippen molar-refractivity contribution in [1.29, 1.82) is 0 Å². The summed E-state index contributed by atoms with van der Waals surface area (Å²) < 4.78 is 10.5. The van der Waals surface area contributed by atoms with Crippen LogP contribution in [0.25, 0.3) is 0 Å². The largest absolute Gasteiger partial charge is 0.497 e. The molecule has 2 unspecified atom stereocenters. The lowest BCUT2D eigenvalue weighted by molar-refractivity contribution is -0.152. The SMILES string of the molecule is COc1ccc(C2Sc3ccccc3NC(=O)C2OC(C)=O)cc1.Cl. The number of carbonyl (C=O) groups is 2. The van der Waals surface area contributed by atoms with Crippen molar-refractivity contribution in [3.8, 4) is 5.75 Å². The number of halogens is 1. The molecule has 0 spiro atoms. The number of hydrogen-bond acceptors (Lipinski definition) is 5. The number of esters is 1. The maximum absolute atomic E-state index is 12.6. The lowest BCUT2D eigenvalue weighted by Crippen LogP contribution is -2.34. The van der Waals surface area contributed by atoms with Crippen molar-refractivity contribution >= 4 is 41.7 Å². The van der Waals surface area contributed by atoms with Gasteiger partial charge in [-0.1, -0.05) is 24.3 Å². The van der Waals surface area contributed by atoms with Gasteiger partial charge < -0.3 is 14.8 Å². The van der Waals surface area contributed by atoms with Crippen LogP contribution in [0.1, 0.15) is 17.7 Å². The highest BCUT2D eigenvalue weighted by atomic mass is 35.5. The van der Waals surface area contributed by atoms with Crippen molar-refractivity contribution in [2.45, 2.75) is 23.2 Å². The minimum atomic E-state index is -0.909. The molecule has 0 saturated carbocycles. The molecule has 7 heteroatoms. The zero-order chi connectivity index (χ0) is 17.1. The summed E-state index contributed by atoms with van der Waals surface area (Å²) in [6.45, 7) is 1.31. The minimum Gasteiger partial charge on any atom is -0.497 e. The van der Waals surface area contributed by atoms with E-state index in [0.717, 1.165) is 21.9 Å². The fourth-order valence-electron chi connectivity index (χ4n) is 2.54. The van der Waals surface area contributed by atoms with Crippen LogP contribution in [0.5, 0.6) is 5.75 Å². The van der Waals surface area contributed by atoms with E-state index >= 15 is 0 Å². The van der Waals surface area contributed by atoms with Gasteiger partial charge in [0.2, 0.25) is 0 Å². The first kappa shape index (κ1) is 19.1. The number of methoxy groups -OCH3 is 1. The predicted octanol–water partition coefficient (Wildman–Crippen LogP) is 3.83. The van der Waals surface area contributed by atoms with Crippen LogP contribution in [-0.2, 0) is 14.3 Å². The van der Waals surface area contributed by atoms with Crippen molar-refractivity contribution in [1.82, 2.24) is 0 Å². The zero-order valence-corrected chi connectivity index (χ0v) is 15.4. The van der Waals surface area contributed by atoms with E-state index in [1.807, 2.05) is 48.5 Å². The Labute approximate surface area is 156 Å². The van der Waals surface area contributed by atoms with Crippen LogP contribution in [0, 0.1) is 0 Å². The molecule has 25 heavy (non-hydrogen) atoms. The number of hydrogen-bond donors (Lipinski definition) is 1. The van der Waals surface area contributed by atoms with Crippen LogP contribution < -0.4 is 10.1 Å². The molecular formula is C18H18ClNO4S. The van der Waals surface area contributed by atoms with Crippen LogP contribution in [0.4, 0.5) is 5.69 Å². The number of rotatable bonds is 3. The van der Waals surface area contributed by atoms with E-state index in [-0.39, 0.29) is 23.6 Å². The van der Waals surface area contributed by atoms with Gasteiger partial charge in [-0.2, -0.15) is 0 Å². The van der Waals surface area contributed by atoms with E-state index in [4.69, 9.17) is 9.47 Å². The molecule has 2 aromatic carbocycles. The first-order valence-electron chi connectivity index (χ1n) is 7.46. The number of para-hydroxylation sites is 1. The molecule has 0 bridgehead atoms. The molecule has 1 amide bonds. The summed E-state index contributed by atoms with van der Waals surface area (Å²) in [5.74, 6) is -0.0880. The highest BCUT2D eigenvalue weighted by molar-refractivity contribution is 7.99. The van der Waals surface area contributed by atoms with Gasteiger partial charge in [0.25, 0.3) is 5.91 Å². The number of thioether (sulfide) groups is 1. The third kappa shape index (κ3) is 4.27. The van der Waals surface area contributed by atoms with Crippen LogP contribution >= 0.6 is 24.2 Å². The zero-order valence-electron chi connectivity index (χ0n) is 13.7. The average Bonchev–Trinajstić information content (AvgIpc) is 2.72. The van der Waals surface area contributed by atoms with Gasteiger partial charge in [0.1, 0.15) is 5.75 Å². The normalized spacial score (nSPS) is 18.9. The van der Waals surface area contributed by atoms with Gasteiger partial charge in [0, 0.05) is 11.8 Å². The second-order valence-corrected chi connectivity index (χ2v) is 6.51. The summed E-state index contributed by atoms with van der Waals surface area (Å²) in [6, 6.07) is 15.0. The Morgan fingerprint density at radius 3 is 2.44 bits per heavy atom. The quantitative estimate of drug-likeness (QED) is 0.821. The Morgan fingerprint density at radius 1 is 1.12 bits per heavy atom. The van der Waals surface area contributed by atoms with Crippen molar-refractivity contribution in [3.05, 3.63) is 54.1 Å². The summed E-state index contributed by atoms with van der Waals surface area (Å²) in [5.41, 5.74) is 1.61. The van der Waals surface area contributed by atoms with Gasteiger partial charge in [-0.3, -0.25) is 9.59 Å². The first-order valence-corrected chi connectivity index (χ1v) is 8.34. The van der Waals surface area contributed by atoms with Gasteiger partial charge in [-0.25, -0.2) is 0 Å². The minimum absolute atomic E-state index is 0. The molecule has 1 aliphatic rings. The third-order valence-corrected chi connectivity index (χ3v) is 5.05. The molecule has 1 heterocycles. The smallest absolute Gasteiger partial charge is 0.303 e. The number of amides is 1. The number of ether oxygens (including phenoxy) is 2. The molecule has 2 atom stereocenters. The highest BCUT2D eigenvalue weighted by Crippen LogP contribution is 2.44. The molecule has 2 aromatic rings. The average molecular weight is 380 g/mol. The first-order chi connectivity index (χ1) is 11.6. The Bertz CT molecular complexity index is 766. The molecule has 0 radical (unpaired) electrons. The van der Waals surface area contributed by atoms with Crippen molar-refractivity contribution in [3.63, 3.8) is 0 Å². The number of fused-ring (bicyclic) bond motifs is 1. The van der Waals surface area contributed by atoms with Gasteiger partial charge in [-0.15, -0.1) is 24.2 Å². The van der Waals surface area contributed by atoms with Crippen molar-refractivity contribution in [2.75, 3.05) is 12.4 Å². The monoisotopic (exact) mass is 379 g/mol. The topological polar surface area (TPSA) is 64.6 Å². The van der Waals surface area contributed by atoms with Gasteiger partial charge in [0.05, 0.1) is 18.0 Å². The van der Waals surface area contributed by atoms with Crippen molar-refractivity contribution < 1.29 is 19.1 Å². The highest BCUT2D eigenvalue weighted by Gasteiger charge is 2.36. The number of benzene rings is 2. The summed E-state index contributed by atoms with van der Waals surface area (Å²) in [4.78, 5) is 25.0. The summed E-state index contributed by atoms with van der Waals surface area (Å²) in [7, 11) is 1.60. The van der Waals surface area contributed by atoms with Gasteiger partial charge >= 0.3 is 5.97 Å². The van der Waals surface area contributed by atoms with E-state index in [1.165, 1.54) is 18.7 Å². The van der Waals surface area contributed by atoms with Gasteiger partial charge in [-0.05, 0) is 29.8 Å². The van der Waals surface area contributed by atoms with E-state index in [1.54, 1.807) is 7.11 Å². The third-order valence-electron chi connectivity index (χ3n) is 3.67. The number of nitrogens with one attached hydrogen (secondary N) is 1. The Kier molecular flexibility index (Phi) is 6.33. The standard InChI is InChI=1S/C18H17NO4S.ClH/c1-11(20)23-16-17(12-7-9-13(22-2)10-8-12)24-15-6-4-3-5-14(15)19-18(16)21;/h3-10,16-17H,1-2H3,(H,19,21);1H. The lowest BCUT2D eigenvalue weighted by atomic mass is 10.1. The lowest BCUT2D eigenvalue weighted by Gasteiger charge is -2.23. The second kappa shape index (κ2) is 8.27. The maximum Gasteiger partial charge on any atom is 0.303 e. The summed E-state index contributed by atoms with van der Waals surface area (Å²) in [5, 5.41) is 2.49. The van der Waals surface area contributed by atoms with Crippen LogP contribution in [0.2, 0.25) is 0 Å². The van der Waals surface area contributed by atoms with Crippen LogP contribution in [0.15, 0.2) is 53.4 Å². The Morgan fingerprint density at radius 2 is 1.80 bits per heavy atom. The summed E-state index contributed by atoms with van der Waals surface area (Å²) >= 11 is 1.50. The fourth-order valence-corrected chi connectivity index (χ4v) is 3.82. The fraction of sp³-hybridized carbons (Fsp3) is 0.222. The van der Waals surface area contributed by atoms with Crippen molar-refractivity contribution in [2.24, 2.45) is 0 Å². The molecule has 1 N–H and O–H groups in total. The maximum atomic E-state index is 12.6. The second-order valence-electron chi connectivity index (χ2n) is 5.33. The molecule has 3 rings (SSSR count). The van der Waals surface area contributed by atoms with E-state index in [2.05, 4.69) is 5.32 Å². The summed E-state index contributed by atoms with van der Waals surface area (Å²) in [6.07, 6.45) is -0.909. The van der Waals surface area contributed by atoms with E-state index in [0.29, 0.717) is 0 Å². The molecule has 132 valence electrons. The molecule has 0 aliphatic carbocycles. The molecule has 0 fully saturated rings. The molecule has 1 aliphatic heterocycles. The Hall–Kier alpha value is -2.18. The number of anilines is 1. The van der Waals surface area contributed by atoms with Crippen LogP contribution in [-0.4, -0.2) is 25.1 Å². The molecule has 5 nitrogen and oxygen atoms in total. The Balaban J connectivity index is 0.00000225. The number of carbonyl (C=O) groups excluding carboxylic acids is 2. The van der Waals surface area contributed by atoms with E-state index < -0.39 is 12.1 Å². The molecule has 0 aromatic heterocycles. The van der Waals surface area contributed by atoms with Crippen LogP contribution in [0.3, 0.4) is 0 Å². The predicted molar refractivity (Wildman–Crippen MR) is 99.5 cm³/mol. The van der Waals surface area contributed by atoms with Gasteiger partial charge in [0.15, 0.2) is 6.10 Å². The molecule has 0 saturated heterocycles. The van der Waals surface area contributed by atoms with E-state index in [9.17, 15) is 9.59 Å².